The lowest BCUT2D eigenvalue weighted by molar-refractivity contribution is -0.145. The highest BCUT2D eigenvalue weighted by atomic mass is 16.5. The molecule has 1 aromatic carbocycles. The van der Waals surface area contributed by atoms with Gasteiger partial charge in [-0.3, -0.25) is 9.59 Å². The molecule has 104 valence electrons. The second kappa shape index (κ2) is 7.36. The lowest BCUT2D eigenvalue weighted by atomic mass is 10.0. The number of esters is 2. The zero-order chi connectivity index (χ0) is 13.7. The maximum atomic E-state index is 11.0. The van der Waals surface area contributed by atoms with Crippen molar-refractivity contribution in [2.24, 2.45) is 0 Å². The smallest absolute Gasteiger partial charge is 0.308 e. The normalized spacial score (nSPS) is 10.9. The molecule has 1 rings (SSSR count). The summed E-state index contributed by atoms with van der Waals surface area (Å²) in [5.74, 6) is -0.291. The van der Waals surface area contributed by atoms with Gasteiger partial charge in [0, 0.05) is 13.8 Å². The van der Waals surface area contributed by atoms with Crippen molar-refractivity contribution in [1.82, 2.24) is 0 Å². The molecular formula is C15H20O4. The van der Waals surface area contributed by atoms with Gasteiger partial charge in [0.15, 0.2) is 0 Å². The molecule has 4 heteroatoms. The van der Waals surface area contributed by atoms with Crippen molar-refractivity contribution in [3.63, 3.8) is 0 Å². The number of benzene rings is 1. The van der Waals surface area contributed by atoms with Crippen LogP contribution in [-0.2, 0) is 14.3 Å². The second-order valence-corrected chi connectivity index (χ2v) is 4.00. The third kappa shape index (κ3) is 5.38. The quantitative estimate of drug-likeness (QED) is 0.475. The van der Waals surface area contributed by atoms with Gasteiger partial charge in [0.05, 0.1) is 0 Å². The average molecular weight is 264 g/mol. The van der Waals surface area contributed by atoms with Crippen LogP contribution in [0.25, 0.3) is 0 Å². The Morgan fingerprint density at radius 3 is 1.95 bits per heavy atom. The highest BCUT2D eigenvalue weighted by molar-refractivity contribution is 5.69. The maximum Gasteiger partial charge on any atom is 0.308 e. The summed E-state index contributed by atoms with van der Waals surface area (Å²) in [5, 5.41) is 0. The molecule has 0 aliphatic carbocycles. The minimum atomic E-state index is -0.478. The van der Waals surface area contributed by atoms with Gasteiger partial charge in [-0.2, -0.15) is 0 Å². The topological polar surface area (TPSA) is 52.6 Å². The van der Waals surface area contributed by atoms with E-state index in [-0.39, 0.29) is 19.4 Å². The molecule has 0 aliphatic rings. The first-order valence-electron chi connectivity index (χ1n) is 5.51. The van der Waals surface area contributed by atoms with Gasteiger partial charge in [0.25, 0.3) is 0 Å². The van der Waals surface area contributed by atoms with Crippen LogP contribution >= 0.6 is 0 Å². The van der Waals surface area contributed by atoms with Crippen LogP contribution < -0.4 is 4.74 Å². The minimum absolute atomic E-state index is 0. The van der Waals surface area contributed by atoms with Crippen molar-refractivity contribution in [2.45, 2.75) is 34.3 Å². The van der Waals surface area contributed by atoms with Crippen LogP contribution in [-0.4, -0.2) is 11.9 Å². The van der Waals surface area contributed by atoms with Gasteiger partial charge in [-0.05, 0) is 30.2 Å². The third-order valence-corrected chi connectivity index (χ3v) is 2.18. The van der Waals surface area contributed by atoms with E-state index in [4.69, 9.17) is 9.47 Å². The Morgan fingerprint density at radius 1 is 1.05 bits per heavy atom. The van der Waals surface area contributed by atoms with E-state index in [1.54, 1.807) is 31.2 Å². The Hall–Kier alpha value is -2.10. The lowest BCUT2D eigenvalue weighted by Crippen LogP contribution is -2.09. The Balaban J connectivity index is 0.00000324. The monoisotopic (exact) mass is 264 g/mol. The molecule has 1 unspecified atom stereocenters. The highest BCUT2D eigenvalue weighted by Gasteiger charge is 2.15. The summed E-state index contributed by atoms with van der Waals surface area (Å²) in [6.07, 6.45) is -0.478. The molecule has 0 aromatic heterocycles. The van der Waals surface area contributed by atoms with Crippen LogP contribution in [0.3, 0.4) is 0 Å². The van der Waals surface area contributed by atoms with E-state index in [1.165, 1.54) is 13.8 Å². The standard InChI is InChI=1S/C14H16O4.CH4/c1-9(2)14(18-11(4)16)12-5-7-13(8-6-12)17-10(3)15;/h5-8,14H,1H2,2-4H3;1H4. The fraction of sp³-hybridized carbons (Fsp3) is 0.333. The zero-order valence-corrected chi connectivity index (χ0v) is 10.7. The maximum absolute atomic E-state index is 11.0. The lowest BCUT2D eigenvalue weighted by Gasteiger charge is -2.17. The molecule has 0 spiro atoms. The van der Waals surface area contributed by atoms with Crippen LogP contribution in [0.5, 0.6) is 5.75 Å². The first-order valence-corrected chi connectivity index (χ1v) is 5.51. The Morgan fingerprint density at radius 2 is 1.58 bits per heavy atom. The van der Waals surface area contributed by atoms with Gasteiger partial charge in [0.1, 0.15) is 11.9 Å². The molecule has 1 aromatic rings. The van der Waals surface area contributed by atoms with Gasteiger partial charge in [0.2, 0.25) is 0 Å². The third-order valence-electron chi connectivity index (χ3n) is 2.18. The second-order valence-electron chi connectivity index (χ2n) is 4.00. The summed E-state index contributed by atoms with van der Waals surface area (Å²) < 4.78 is 10.1. The summed E-state index contributed by atoms with van der Waals surface area (Å²) in [6, 6.07) is 6.77. The van der Waals surface area contributed by atoms with Crippen molar-refractivity contribution in [3.05, 3.63) is 42.0 Å². The molecule has 0 aliphatic heterocycles. The van der Waals surface area contributed by atoms with E-state index in [9.17, 15) is 9.59 Å². The molecule has 1 atom stereocenters. The van der Waals surface area contributed by atoms with E-state index in [0.717, 1.165) is 11.1 Å². The molecule has 0 fully saturated rings. The van der Waals surface area contributed by atoms with Crippen LogP contribution in [0.15, 0.2) is 36.4 Å². The fourth-order valence-electron chi connectivity index (χ4n) is 1.50. The Bertz CT molecular complexity index is 460. The fourth-order valence-corrected chi connectivity index (χ4v) is 1.50. The summed E-state index contributed by atoms with van der Waals surface area (Å²) in [5.41, 5.74) is 1.51. The van der Waals surface area contributed by atoms with Gasteiger partial charge < -0.3 is 9.47 Å². The van der Waals surface area contributed by atoms with E-state index in [0.29, 0.717) is 5.75 Å². The average Bonchev–Trinajstić information content (AvgIpc) is 2.26. The van der Waals surface area contributed by atoms with Crippen molar-refractivity contribution in [1.29, 1.82) is 0 Å². The van der Waals surface area contributed by atoms with Crippen LogP contribution in [0.4, 0.5) is 0 Å². The SMILES string of the molecule is C.C=C(C)C(OC(C)=O)c1ccc(OC(C)=O)cc1. The molecule has 0 bridgehead atoms. The first kappa shape index (κ1) is 16.9. The van der Waals surface area contributed by atoms with Crippen molar-refractivity contribution in [3.8, 4) is 5.75 Å². The summed E-state index contributed by atoms with van der Waals surface area (Å²) in [7, 11) is 0. The number of carbonyl (C=O) groups is 2. The van der Waals surface area contributed by atoms with Gasteiger partial charge in [-0.15, -0.1) is 0 Å². The minimum Gasteiger partial charge on any atom is -0.453 e. The van der Waals surface area contributed by atoms with E-state index in [1.807, 2.05) is 0 Å². The van der Waals surface area contributed by atoms with Gasteiger partial charge >= 0.3 is 11.9 Å². The molecule has 0 N–H and O–H groups in total. The van der Waals surface area contributed by atoms with Crippen LogP contribution in [0.2, 0.25) is 0 Å². The van der Waals surface area contributed by atoms with Crippen molar-refractivity contribution in [2.75, 3.05) is 0 Å². The highest BCUT2D eigenvalue weighted by Crippen LogP contribution is 2.26. The summed E-state index contributed by atoms with van der Waals surface area (Å²) in [4.78, 5) is 21.8. The molecule has 4 nitrogen and oxygen atoms in total. The molecule has 0 saturated carbocycles. The number of ether oxygens (including phenoxy) is 2. The molecule has 0 heterocycles. The molecule has 19 heavy (non-hydrogen) atoms. The Labute approximate surface area is 114 Å². The number of rotatable bonds is 4. The van der Waals surface area contributed by atoms with Gasteiger partial charge in [-0.1, -0.05) is 26.1 Å². The van der Waals surface area contributed by atoms with Crippen molar-refractivity contribution >= 4 is 11.9 Å². The predicted octanol–water partition coefficient (Wildman–Crippen LogP) is 3.43. The predicted molar refractivity (Wildman–Crippen MR) is 73.8 cm³/mol. The largest absolute Gasteiger partial charge is 0.453 e. The molecule has 0 amide bonds. The molecule has 0 radical (unpaired) electrons. The number of carbonyl (C=O) groups excluding carboxylic acids is 2. The number of hydrogen-bond acceptors (Lipinski definition) is 4. The first-order chi connectivity index (χ1) is 8.40. The van der Waals surface area contributed by atoms with E-state index in [2.05, 4.69) is 6.58 Å². The zero-order valence-electron chi connectivity index (χ0n) is 10.7. The van der Waals surface area contributed by atoms with Crippen molar-refractivity contribution < 1.29 is 19.1 Å². The molecular weight excluding hydrogens is 244 g/mol. The summed E-state index contributed by atoms with van der Waals surface area (Å²) in [6.45, 7) is 8.27. The van der Waals surface area contributed by atoms with Gasteiger partial charge in [-0.25, -0.2) is 0 Å². The van der Waals surface area contributed by atoms with E-state index >= 15 is 0 Å². The summed E-state index contributed by atoms with van der Waals surface area (Å²) >= 11 is 0. The van der Waals surface area contributed by atoms with E-state index < -0.39 is 6.10 Å². The van der Waals surface area contributed by atoms with Crippen LogP contribution in [0.1, 0.15) is 39.9 Å². The van der Waals surface area contributed by atoms with Crippen LogP contribution in [0, 0.1) is 0 Å². The molecule has 0 saturated heterocycles. The Kier molecular flexibility index (Phi) is 6.55. The number of hydrogen-bond donors (Lipinski definition) is 0.